The molecule has 19 heavy (non-hydrogen) atoms. The first-order valence-electron chi connectivity index (χ1n) is 7.19. The SMILES string of the molecule is CCOCC(NC1C[C@H](C)Sc2sccc21)C(C)C. The van der Waals surface area contributed by atoms with Gasteiger partial charge in [-0.15, -0.1) is 23.1 Å². The summed E-state index contributed by atoms with van der Waals surface area (Å²) in [4.78, 5) is 0. The molecule has 2 rings (SSSR count). The minimum atomic E-state index is 0.438. The van der Waals surface area contributed by atoms with E-state index in [2.05, 4.69) is 44.5 Å². The van der Waals surface area contributed by atoms with Gasteiger partial charge in [-0.1, -0.05) is 20.8 Å². The van der Waals surface area contributed by atoms with E-state index in [4.69, 9.17) is 4.74 Å². The highest BCUT2D eigenvalue weighted by atomic mass is 32.2. The van der Waals surface area contributed by atoms with Gasteiger partial charge in [-0.3, -0.25) is 0 Å². The van der Waals surface area contributed by atoms with Crippen molar-refractivity contribution in [3.8, 4) is 0 Å². The standard InChI is InChI=1S/C15H25NOS2/c1-5-17-9-14(10(2)3)16-13-8-11(4)19-15-12(13)6-7-18-15/h6-7,10-11,13-14,16H,5,8-9H2,1-4H3/t11-,13?,14?/m0/s1. The minimum Gasteiger partial charge on any atom is -0.380 e. The molecule has 0 saturated carbocycles. The van der Waals surface area contributed by atoms with E-state index in [1.165, 1.54) is 16.2 Å². The van der Waals surface area contributed by atoms with Crippen LogP contribution in [0.15, 0.2) is 15.7 Å². The molecule has 0 radical (unpaired) electrons. The predicted molar refractivity (Wildman–Crippen MR) is 85.3 cm³/mol. The second kappa shape index (κ2) is 7.11. The molecule has 0 aromatic carbocycles. The largest absolute Gasteiger partial charge is 0.380 e. The Balaban J connectivity index is 2.05. The van der Waals surface area contributed by atoms with Crippen molar-refractivity contribution in [1.29, 1.82) is 0 Å². The van der Waals surface area contributed by atoms with E-state index in [1.54, 1.807) is 0 Å². The van der Waals surface area contributed by atoms with Crippen molar-refractivity contribution in [1.82, 2.24) is 5.32 Å². The van der Waals surface area contributed by atoms with Crippen molar-refractivity contribution in [2.45, 2.75) is 55.7 Å². The first-order chi connectivity index (χ1) is 9.11. The fourth-order valence-electron chi connectivity index (χ4n) is 2.44. The Labute approximate surface area is 125 Å². The lowest BCUT2D eigenvalue weighted by Gasteiger charge is -2.33. The van der Waals surface area contributed by atoms with Crippen LogP contribution in [0.3, 0.4) is 0 Å². The van der Waals surface area contributed by atoms with Crippen molar-refractivity contribution in [2.24, 2.45) is 5.92 Å². The van der Waals surface area contributed by atoms with Crippen LogP contribution in [-0.2, 0) is 4.74 Å². The van der Waals surface area contributed by atoms with E-state index < -0.39 is 0 Å². The molecule has 108 valence electrons. The topological polar surface area (TPSA) is 21.3 Å². The smallest absolute Gasteiger partial charge is 0.0649 e. The molecule has 2 nitrogen and oxygen atoms in total. The summed E-state index contributed by atoms with van der Waals surface area (Å²) in [5.41, 5.74) is 1.50. The van der Waals surface area contributed by atoms with Crippen LogP contribution in [0.5, 0.6) is 0 Å². The Hall–Kier alpha value is -0.0300. The van der Waals surface area contributed by atoms with Gasteiger partial charge in [-0.25, -0.2) is 0 Å². The highest BCUT2D eigenvalue weighted by Crippen LogP contribution is 2.44. The summed E-state index contributed by atoms with van der Waals surface area (Å²) in [6, 6.07) is 3.22. The van der Waals surface area contributed by atoms with Crippen molar-refractivity contribution < 1.29 is 4.74 Å². The lowest BCUT2D eigenvalue weighted by atomic mass is 9.99. The van der Waals surface area contributed by atoms with Gasteiger partial charge in [-0.05, 0) is 36.3 Å². The Morgan fingerprint density at radius 2 is 2.26 bits per heavy atom. The zero-order chi connectivity index (χ0) is 13.8. The summed E-state index contributed by atoms with van der Waals surface area (Å²) < 4.78 is 7.13. The van der Waals surface area contributed by atoms with Crippen molar-refractivity contribution in [3.63, 3.8) is 0 Å². The Kier molecular flexibility index (Phi) is 5.75. The van der Waals surface area contributed by atoms with E-state index in [0.29, 0.717) is 23.3 Å². The third-order valence-electron chi connectivity index (χ3n) is 3.63. The van der Waals surface area contributed by atoms with Crippen LogP contribution in [0.2, 0.25) is 0 Å². The first-order valence-corrected chi connectivity index (χ1v) is 8.95. The Morgan fingerprint density at radius 3 is 2.95 bits per heavy atom. The van der Waals surface area contributed by atoms with E-state index in [0.717, 1.165) is 13.2 Å². The third kappa shape index (κ3) is 3.97. The molecule has 1 aliphatic rings. The molecule has 2 unspecified atom stereocenters. The molecule has 0 saturated heterocycles. The lowest BCUT2D eigenvalue weighted by Crippen LogP contribution is -2.41. The van der Waals surface area contributed by atoms with E-state index >= 15 is 0 Å². The van der Waals surface area contributed by atoms with Gasteiger partial charge in [0.05, 0.1) is 10.8 Å². The summed E-state index contributed by atoms with van der Waals surface area (Å²) in [6.07, 6.45) is 1.21. The Morgan fingerprint density at radius 1 is 1.47 bits per heavy atom. The van der Waals surface area contributed by atoms with Crippen LogP contribution in [0.25, 0.3) is 0 Å². The number of rotatable bonds is 6. The summed E-state index contributed by atoms with van der Waals surface area (Å²) >= 11 is 3.90. The molecule has 1 aliphatic heterocycles. The van der Waals surface area contributed by atoms with Gasteiger partial charge in [0, 0.05) is 23.9 Å². The van der Waals surface area contributed by atoms with Gasteiger partial charge in [0.1, 0.15) is 0 Å². The fraction of sp³-hybridized carbons (Fsp3) is 0.733. The molecule has 2 heterocycles. The van der Waals surface area contributed by atoms with Crippen molar-refractivity contribution >= 4 is 23.1 Å². The monoisotopic (exact) mass is 299 g/mol. The van der Waals surface area contributed by atoms with Gasteiger partial charge in [-0.2, -0.15) is 0 Å². The summed E-state index contributed by atoms with van der Waals surface area (Å²) in [7, 11) is 0. The summed E-state index contributed by atoms with van der Waals surface area (Å²) in [6.45, 7) is 10.5. The average Bonchev–Trinajstić information content (AvgIpc) is 2.81. The van der Waals surface area contributed by atoms with E-state index in [-0.39, 0.29) is 0 Å². The second-order valence-electron chi connectivity index (χ2n) is 5.56. The summed E-state index contributed by atoms with van der Waals surface area (Å²) in [5.74, 6) is 0.596. The lowest BCUT2D eigenvalue weighted by molar-refractivity contribution is 0.102. The third-order valence-corrected chi connectivity index (χ3v) is 5.98. The number of ether oxygens (including phenoxy) is 1. The first kappa shape index (κ1) is 15.4. The van der Waals surface area contributed by atoms with Crippen LogP contribution in [0, 0.1) is 5.92 Å². The van der Waals surface area contributed by atoms with E-state index in [9.17, 15) is 0 Å². The van der Waals surface area contributed by atoms with Crippen LogP contribution < -0.4 is 5.32 Å². The van der Waals surface area contributed by atoms with Crippen molar-refractivity contribution in [2.75, 3.05) is 13.2 Å². The predicted octanol–water partition coefficient (Wildman–Crippen LogP) is 4.32. The number of hydrogen-bond acceptors (Lipinski definition) is 4. The minimum absolute atomic E-state index is 0.438. The fourth-order valence-corrected chi connectivity index (χ4v) is 5.01. The maximum Gasteiger partial charge on any atom is 0.0649 e. The van der Waals surface area contributed by atoms with Gasteiger partial charge in [0.25, 0.3) is 0 Å². The highest BCUT2D eigenvalue weighted by molar-refractivity contribution is 8.01. The maximum atomic E-state index is 5.63. The average molecular weight is 300 g/mol. The molecule has 0 bridgehead atoms. The molecule has 3 atom stereocenters. The molecule has 0 spiro atoms. The van der Waals surface area contributed by atoms with Gasteiger partial charge in [0.2, 0.25) is 0 Å². The molecule has 0 amide bonds. The summed E-state index contributed by atoms with van der Waals surface area (Å²) in [5, 5.41) is 6.75. The normalized spacial score (nSPS) is 24.5. The molecule has 0 aliphatic carbocycles. The Bertz CT molecular complexity index is 391. The highest BCUT2D eigenvalue weighted by Gasteiger charge is 2.28. The molecular formula is C15H25NOS2. The molecule has 1 aromatic rings. The number of fused-ring (bicyclic) bond motifs is 1. The molecule has 1 aromatic heterocycles. The van der Waals surface area contributed by atoms with Crippen LogP contribution in [-0.4, -0.2) is 24.5 Å². The molecule has 4 heteroatoms. The quantitative estimate of drug-likeness (QED) is 0.845. The molecular weight excluding hydrogens is 274 g/mol. The number of thiophene rings is 1. The van der Waals surface area contributed by atoms with Crippen LogP contribution >= 0.6 is 23.1 Å². The molecule has 0 fully saturated rings. The van der Waals surface area contributed by atoms with E-state index in [1.807, 2.05) is 23.1 Å². The van der Waals surface area contributed by atoms with Crippen LogP contribution in [0.4, 0.5) is 0 Å². The van der Waals surface area contributed by atoms with Gasteiger partial charge in [0.15, 0.2) is 0 Å². The zero-order valence-corrected chi connectivity index (χ0v) is 13.9. The number of hydrogen-bond donors (Lipinski definition) is 1. The number of nitrogens with one attached hydrogen (secondary N) is 1. The van der Waals surface area contributed by atoms with Crippen molar-refractivity contribution in [3.05, 3.63) is 17.0 Å². The second-order valence-corrected chi connectivity index (χ2v) is 8.18. The van der Waals surface area contributed by atoms with Crippen LogP contribution in [0.1, 0.15) is 45.7 Å². The number of thioether (sulfide) groups is 1. The molecule has 1 N–H and O–H groups in total. The zero-order valence-electron chi connectivity index (χ0n) is 12.3. The van der Waals surface area contributed by atoms with Gasteiger partial charge < -0.3 is 10.1 Å². The maximum absolute atomic E-state index is 5.63. The van der Waals surface area contributed by atoms with Gasteiger partial charge >= 0.3 is 0 Å².